The SMILES string of the molecule is COCCCS(=O)(=O)N(C)C(CN)C1CC1.Cl. The van der Waals surface area contributed by atoms with Crippen LogP contribution in [0.15, 0.2) is 0 Å². The van der Waals surface area contributed by atoms with Gasteiger partial charge in [-0.3, -0.25) is 0 Å². The van der Waals surface area contributed by atoms with E-state index in [2.05, 4.69) is 0 Å². The van der Waals surface area contributed by atoms with E-state index in [1.807, 2.05) is 0 Å². The second kappa shape index (κ2) is 7.53. The molecule has 0 aromatic rings. The Morgan fingerprint density at radius 2 is 2.06 bits per heavy atom. The van der Waals surface area contributed by atoms with Crippen molar-refractivity contribution < 1.29 is 13.2 Å². The fourth-order valence-corrected chi connectivity index (χ4v) is 3.30. The van der Waals surface area contributed by atoms with E-state index >= 15 is 0 Å². The van der Waals surface area contributed by atoms with Gasteiger partial charge in [0, 0.05) is 33.4 Å². The molecule has 0 aromatic carbocycles. The number of sulfonamides is 1. The molecule has 1 unspecified atom stereocenters. The van der Waals surface area contributed by atoms with Gasteiger partial charge in [-0.05, 0) is 25.2 Å². The van der Waals surface area contributed by atoms with E-state index in [-0.39, 0.29) is 24.2 Å². The predicted molar refractivity (Wildman–Crippen MR) is 70.9 cm³/mol. The van der Waals surface area contributed by atoms with Gasteiger partial charge in [0.05, 0.1) is 5.75 Å². The second-order valence-electron chi connectivity index (χ2n) is 4.32. The van der Waals surface area contributed by atoms with Gasteiger partial charge in [-0.15, -0.1) is 12.4 Å². The molecule has 0 bridgehead atoms. The van der Waals surface area contributed by atoms with Crippen LogP contribution in [-0.2, 0) is 14.8 Å². The topological polar surface area (TPSA) is 72.6 Å². The van der Waals surface area contributed by atoms with Gasteiger partial charge in [-0.25, -0.2) is 12.7 Å². The molecule has 0 saturated heterocycles. The number of methoxy groups -OCH3 is 1. The smallest absolute Gasteiger partial charge is 0.214 e. The number of hydrogen-bond donors (Lipinski definition) is 1. The highest BCUT2D eigenvalue weighted by molar-refractivity contribution is 7.89. The first-order chi connectivity index (χ1) is 7.53. The molecule has 104 valence electrons. The number of rotatable bonds is 8. The third-order valence-electron chi connectivity index (χ3n) is 3.06. The van der Waals surface area contributed by atoms with Crippen molar-refractivity contribution in [3.63, 3.8) is 0 Å². The van der Waals surface area contributed by atoms with Crippen molar-refractivity contribution in [2.75, 3.05) is 33.1 Å². The van der Waals surface area contributed by atoms with Crippen LogP contribution in [-0.4, -0.2) is 51.8 Å². The summed E-state index contributed by atoms with van der Waals surface area (Å²) in [5.41, 5.74) is 5.64. The number of ether oxygens (including phenoxy) is 1. The van der Waals surface area contributed by atoms with Crippen molar-refractivity contribution in [3.8, 4) is 0 Å². The maximum absolute atomic E-state index is 12.0. The fourth-order valence-electron chi connectivity index (χ4n) is 1.85. The Balaban J connectivity index is 0.00000256. The van der Waals surface area contributed by atoms with E-state index in [4.69, 9.17) is 10.5 Å². The highest BCUT2D eigenvalue weighted by atomic mass is 35.5. The summed E-state index contributed by atoms with van der Waals surface area (Å²) in [5.74, 6) is 0.604. The molecular weight excluding hydrogens is 264 g/mol. The van der Waals surface area contributed by atoms with E-state index in [1.54, 1.807) is 14.2 Å². The molecule has 0 aromatic heterocycles. The van der Waals surface area contributed by atoms with Crippen LogP contribution in [0.2, 0.25) is 0 Å². The van der Waals surface area contributed by atoms with E-state index in [0.29, 0.717) is 25.5 Å². The first-order valence-corrected chi connectivity index (χ1v) is 7.28. The molecule has 0 heterocycles. The fraction of sp³-hybridized carbons (Fsp3) is 1.00. The number of hydrogen-bond acceptors (Lipinski definition) is 4. The molecule has 1 rings (SSSR count). The lowest BCUT2D eigenvalue weighted by molar-refractivity contribution is 0.199. The van der Waals surface area contributed by atoms with Crippen LogP contribution >= 0.6 is 12.4 Å². The Kier molecular flexibility index (Phi) is 7.58. The molecule has 1 fully saturated rings. The number of likely N-dealkylation sites (N-methyl/N-ethyl adjacent to an activating group) is 1. The molecule has 1 aliphatic carbocycles. The average Bonchev–Trinajstić information content (AvgIpc) is 3.03. The average molecular weight is 287 g/mol. The zero-order valence-electron chi connectivity index (χ0n) is 10.5. The molecular formula is C10H23ClN2O3S. The van der Waals surface area contributed by atoms with Crippen LogP contribution in [0.4, 0.5) is 0 Å². The first kappa shape index (κ1) is 17.1. The van der Waals surface area contributed by atoms with Crippen LogP contribution in [0.3, 0.4) is 0 Å². The van der Waals surface area contributed by atoms with Gasteiger partial charge >= 0.3 is 0 Å². The molecule has 1 saturated carbocycles. The van der Waals surface area contributed by atoms with E-state index in [1.165, 1.54) is 4.31 Å². The maximum Gasteiger partial charge on any atom is 0.214 e. The molecule has 1 atom stereocenters. The number of nitrogens with two attached hydrogens (primary N) is 1. The summed E-state index contributed by atoms with van der Waals surface area (Å²) in [7, 11) is 0.0340. The summed E-state index contributed by atoms with van der Waals surface area (Å²) in [4.78, 5) is 0. The lowest BCUT2D eigenvalue weighted by atomic mass is 10.2. The van der Waals surface area contributed by atoms with Crippen LogP contribution in [0.5, 0.6) is 0 Å². The predicted octanol–water partition coefficient (Wildman–Crippen LogP) is 0.444. The maximum atomic E-state index is 12.0. The van der Waals surface area contributed by atoms with Crippen molar-refractivity contribution >= 4 is 22.4 Å². The summed E-state index contributed by atoms with van der Waals surface area (Å²) in [6.07, 6.45) is 2.73. The molecule has 17 heavy (non-hydrogen) atoms. The normalized spacial score (nSPS) is 17.9. The van der Waals surface area contributed by atoms with E-state index in [0.717, 1.165) is 12.8 Å². The van der Waals surface area contributed by atoms with Crippen molar-refractivity contribution in [2.24, 2.45) is 11.7 Å². The summed E-state index contributed by atoms with van der Waals surface area (Å²) in [6.45, 7) is 0.883. The van der Waals surface area contributed by atoms with Crippen molar-refractivity contribution in [3.05, 3.63) is 0 Å². The quantitative estimate of drug-likeness (QED) is 0.657. The molecule has 1 aliphatic rings. The molecule has 0 spiro atoms. The summed E-state index contributed by atoms with van der Waals surface area (Å²) in [5, 5.41) is 0. The van der Waals surface area contributed by atoms with Gasteiger partial charge < -0.3 is 10.5 Å². The third-order valence-corrected chi connectivity index (χ3v) is 5.02. The zero-order chi connectivity index (χ0) is 12.2. The van der Waals surface area contributed by atoms with Crippen LogP contribution < -0.4 is 5.73 Å². The largest absolute Gasteiger partial charge is 0.385 e. The number of nitrogens with zero attached hydrogens (tertiary/aromatic N) is 1. The molecule has 2 N–H and O–H groups in total. The Labute approximate surface area is 110 Å². The summed E-state index contributed by atoms with van der Waals surface area (Å²) >= 11 is 0. The highest BCUT2D eigenvalue weighted by Crippen LogP contribution is 2.35. The Bertz CT molecular complexity index is 307. The van der Waals surface area contributed by atoms with Crippen LogP contribution in [0.25, 0.3) is 0 Å². The van der Waals surface area contributed by atoms with Gasteiger partial charge in [-0.2, -0.15) is 0 Å². The van der Waals surface area contributed by atoms with Crippen molar-refractivity contribution in [1.29, 1.82) is 0 Å². The standard InChI is InChI=1S/C10H22N2O3S.ClH/c1-12(10(8-11)9-4-5-9)16(13,14)7-3-6-15-2;/h9-10H,3-8,11H2,1-2H3;1H. The first-order valence-electron chi connectivity index (χ1n) is 5.67. The molecule has 0 aliphatic heterocycles. The van der Waals surface area contributed by atoms with E-state index < -0.39 is 10.0 Å². The molecule has 0 radical (unpaired) electrons. The van der Waals surface area contributed by atoms with Gasteiger partial charge in [0.15, 0.2) is 0 Å². The lowest BCUT2D eigenvalue weighted by Crippen LogP contribution is -2.44. The van der Waals surface area contributed by atoms with Crippen molar-refractivity contribution in [1.82, 2.24) is 4.31 Å². The van der Waals surface area contributed by atoms with Crippen LogP contribution in [0, 0.1) is 5.92 Å². The Morgan fingerprint density at radius 1 is 1.47 bits per heavy atom. The minimum Gasteiger partial charge on any atom is -0.385 e. The lowest BCUT2D eigenvalue weighted by Gasteiger charge is -2.26. The monoisotopic (exact) mass is 286 g/mol. The number of halogens is 1. The van der Waals surface area contributed by atoms with Crippen LogP contribution in [0.1, 0.15) is 19.3 Å². The van der Waals surface area contributed by atoms with Crippen molar-refractivity contribution in [2.45, 2.75) is 25.3 Å². The zero-order valence-corrected chi connectivity index (χ0v) is 12.1. The van der Waals surface area contributed by atoms with Gasteiger partial charge in [0.25, 0.3) is 0 Å². The van der Waals surface area contributed by atoms with Gasteiger partial charge in [0.2, 0.25) is 10.0 Å². The summed E-state index contributed by atoms with van der Waals surface area (Å²) in [6, 6.07) is -0.0208. The third kappa shape index (κ3) is 5.09. The molecule has 7 heteroatoms. The summed E-state index contributed by atoms with van der Waals surface area (Å²) < 4.78 is 30.2. The molecule has 5 nitrogen and oxygen atoms in total. The molecule has 0 amide bonds. The minimum absolute atomic E-state index is 0. The second-order valence-corrected chi connectivity index (χ2v) is 6.47. The highest BCUT2D eigenvalue weighted by Gasteiger charge is 2.37. The van der Waals surface area contributed by atoms with E-state index in [9.17, 15) is 8.42 Å². The Morgan fingerprint density at radius 3 is 2.47 bits per heavy atom. The Hall–Kier alpha value is 0.120. The minimum atomic E-state index is -3.18. The van der Waals surface area contributed by atoms with Gasteiger partial charge in [0.1, 0.15) is 0 Å². The van der Waals surface area contributed by atoms with Gasteiger partial charge in [-0.1, -0.05) is 0 Å².